The van der Waals surface area contributed by atoms with E-state index in [1.807, 2.05) is 0 Å². The molecule has 2 aliphatic heterocycles. The van der Waals surface area contributed by atoms with Crippen LogP contribution in [0, 0.1) is 0 Å². The number of hydrogen-bond acceptors (Lipinski definition) is 5. The zero-order valence-corrected chi connectivity index (χ0v) is 14.7. The van der Waals surface area contributed by atoms with Crippen molar-refractivity contribution in [2.75, 3.05) is 26.4 Å². The zero-order valence-electron chi connectivity index (χ0n) is 16.9. The predicted molar refractivity (Wildman–Crippen MR) is 86.6 cm³/mol. The minimum Gasteiger partial charge on any atom is -1.00 e. The lowest BCUT2D eigenvalue weighted by Gasteiger charge is -2.59. The maximum absolute atomic E-state index is 12.8. The topological polar surface area (TPSA) is 86.2 Å². The van der Waals surface area contributed by atoms with Gasteiger partial charge >= 0.3 is 0 Å². The minimum atomic E-state index is -2.67. The second-order valence-electron chi connectivity index (χ2n) is 7.71. The Kier molecular flexibility index (Phi) is 2.75. The summed E-state index contributed by atoms with van der Waals surface area (Å²) >= 11 is 0. The van der Waals surface area contributed by atoms with Gasteiger partial charge in [0, 0.05) is 36.6 Å². The van der Waals surface area contributed by atoms with Gasteiger partial charge in [-0.3, -0.25) is 4.79 Å². The third-order valence-electron chi connectivity index (χ3n) is 6.94. The van der Waals surface area contributed by atoms with Gasteiger partial charge < -0.3 is 37.6 Å². The molecule has 7 heteroatoms. The van der Waals surface area contributed by atoms with Crippen molar-refractivity contribution >= 4 is 11.5 Å². The smallest absolute Gasteiger partial charge is 0.174 e. The molecule has 136 valence electrons. The van der Waals surface area contributed by atoms with Gasteiger partial charge in [-0.15, -0.1) is 0 Å². The molecule has 1 aromatic rings. The number of ketones is 1. The predicted octanol–water partition coefficient (Wildman–Crippen LogP) is -3.78. The van der Waals surface area contributed by atoms with E-state index in [9.17, 15) is 9.90 Å². The third kappa shape index (κ3) is 1.66. The highest BCUT2D eigenvalue weighted by molar-refractivity contribution is 5.90. The van der Waals surface area contributed by atoms with Crippen molar-refractivity contribution in [3.63, 3.8) is 0 Å². The maximum Gasteiger partial charge on any atom is 0.174 e. The molecule has 6 nitrogen and oxygen atoms in total. The molecule has 4 N–H and O–H groups in total. The number of nitrogen functional groups attached to an aromatic ring is 1. The van der Waals surface area contributed by atoms with Crippen LogP contribution in [-0.2, 0) is 16.6 Å². The lowest BCUT2D eigenvalue weighted by Crippen LogP contribution is -3.19. The highest BCUT2D eigenvalue weighted by Crippen LogP contribution is 2.63. The van der Waals surface area contributed by atoms with Crippen LogP contribution in [0.4, 0.5) is 5.69 Å². The molecule has 1 saturated carbocycles. The molecule has 4 aliphatic rings. The molecule has 1 aromatic carbocycles. The Morgan fingerprint density at radius 1 is 1.52 bits per heavy atom. The third-order valence-corrected chi connectivity index (χ3v) is 6.94. The molecule has 2 bridgehead atoms. The van der Waals surface area contributed by atoms with Crippen molar-refractivity contribution in [2.24, 2.45) is 0 Å². The van der Waals surface area contributed by atoms with Crippen LogP contribution < -0.4 is 32.5 Å². The van der Waals surface area contributed by atoms with Crippen molar-refractivity contribution in [3.05, 3.63) is 17.2 Å². The van der Waals surface area contributed by atoms with E-state index in [-0.39, 0.29) is 42.2 Å². The Balaban J connectivity index is 0.00000192. The van der Waals surface area contributed by atoms with E-state index in [2.05, 4.69) is 7.05 Å². The van der Waals surface area contributed by atoms with Crippen LogP contribution in [0.2, 0.25) is 0 Å². The van der Waals surface area contributed by atoms with Crippen LogP contribution >= 0.6 is 0 Å². The van der Waals surface area contributed by atoms with Gasteiger partial charge in [-0.05, 0) is 12.0 Å². The normalized spacial score (nSPS) is 42.2. The number of methoxy groups -OCH3 is 1. The fourth-order valence-electron chi connectivity index (χ4n) is 5.87. The number of carbonyl (C=O) groups excluding carboxylic acids is 1. The average molecular weight is 370 g/mol. The number of quaternary nitrogens is 1. The summed E-state index contributed by atoms with van der Waals surface area (Å²) in [6.07, 6.45) is 0.967. The zero-order chi connectivity index (χ0) is 19.4. The molecule has 2 fully saturated rings. The van der Waals surface area contributed by atoms with Gasteiger partial charge in [0.15, 0.2) is 23.4 Å². The number of halogens is 1. The molecule has 0 aromatic heterocycles. The summed E-state index contributed by atoms with van der Waals surface area (Å²) in [5.74, 6) is 0.238. The number of ether oxygens (including phenoxy) is 2. The van der Waals surface area contributed by atoms with E-state index in [0.29, 0.717) is 30.5 Å². The number of likely N-dealkylation sites (tertiary alicyclic amines) is 1. The molecule has 5 atom stereocenters. The van der Waals surface area contributed by atoms with Crippen LogP contribution in [0.1, 0.15) is 34.5 Å². The molecule has 1 saturated heterocycles. The number of Topliss-reactive ketones (excluding diaryl/α,β-unsaturated/α-hetero) is 1. The number of anilines is 1. The van der Waals surface area contributed by atoms with Gasteiger partial charge in [-0.25, -0.2) is 0 Å². The van der Waals surface area contributed by atoms with Crippen LogP contribution in [0.3, 0.4) is 0 Å². The Labute approximate surface area is 156 Å². The SMILES string of the molecule is [2H]C([2H])([2H])Oc1cc(N)c2c3c1O[C@H]1C(=O)CC[C@@]4(O)C(C2)[NH+](C)CC[C@]314.[Cl-]. The quantitative estimate of drug-likeness (QED) is 0.442. The van der Waals surface area contributed by atoms with Gasteiger partial charge in [0.1, 0.15) is 11.6 Å². The van der Waals surface area contributed by atoms with Crippen molar-refractivity contribution in [1.29, 1.82) is 0 Å². The summed E-state index contributed by atoms with van der Waals surface area (Å²) in [7, 11) is -0.606. The van der Waals surface area contributed by atoms with Crippen molar-refractivity contribution in [3.8, 4) is 11.5 Å². The first-order valence-corrected chi connectivity index (χ1v) is 8.47. The van der Waals surface area contributed by atoms with Crippen molar-refractivity contribution in [2.45, 2.75) is 48.8 Å². The lowest BCUT2D eigenvalue weighted by atomic mass is 9.49. The summed E-state index contributed by atoms with van der Waals surface area (Å²) in [6.45, 7) is 0.795. The first kappa shape index (κ1) is 13.7. The number of piperidine rings is 1. The summed E-state index contributed by atoms with van der Waals surface area (Å²) in [5.41, 5.74) is 6.32. The Morgan fingerprint density at radius 2 is 2.32 bits per heavy atom. The Morgan fingerprint density at radius 3 is 3.08 bits per heavy atom. The van der Waals surface area contributed by atoms with E-state index < -0.39 is 24.2 Å². The lowest BCUT2D eigenvalue weighted by molar-refractivity contribution is -0.923. The van der Waals surface area contributed by atoms with E-state index in [1.165, 1.54) is 11.0 Å². The van der Waals surface area contributed by atoms with Crippen LogP contribution in [-0.4, -0.2) is 49.3 Å². The number of benzene rings is 1. The monoisotopic (exact) mass is 369 g/mol. The number of carbonyl (C=O) groups is 1. The molecule has 2 heterocycles. The number of nitrogens with two attached hydrogens (primary N) is 1. The first-order chi connectivity index (χ1) is 12.6. The molecule has 0 radical (unpaired) electrons. The van der Waals surface area contributed by atoms with E-state index in [0.717, 1.165) is 12.1 Å². The van der Waals surface area contributed by atoms with E-state index in [1.54, 1.807) is 0 Å². The fraction of sp³-hybridized carbons (Fsp3) is 0.611. The number of likely N-dealkylation sites (N-methyl/N-ethyl adjacent to an activating group) is 1. The molecule has 0 amide bonds. The number of hydrogen-bond donors (Lipinski definition) is 3. The maximum atomic E-state index is 12.8. The summed E-state index contributed by atoms with van der Waals surface area (Å²) < 4.78 is 33.6. The molecular formula is C18H23ClN2O4. The number of nitrogens with one attached hydrogen (secondary N) is 1. The summed E-state index contributed by atoms with van der Waals surface area (Å²) in [6, 6.07) is 1.40. The molecule has 5 rings (SSSR count). The Hall–Kier alpha value is -1.50. The standard InChI is InChI=1S/C18H22N2O4.ClH/c1-20-6-5-17-14-9-7-13(20)18(17,22)4-3-11(21)16(17)24-15(14)12(23-2)8-10(9)19;/h8,13,16,22H,3-7,19H2,1-2H3;1H/t13?,16-,17-,18+;/m0./s1/i2D3;. The Bertz CT molecular complexity index is 879. The molecule has 2 unspecified atom stereocenters. The van der Waals surface area contributed by atoms with Crippen molar-refractivity contribution < 1.29 is 40.8 Å². The average Bonchev–Trinajstić information content (AvgIpc) is 2.90. The second-order valence-corrected chi connectivity index (χ2v) is 7.71. The van der Waals surface area contributed by atoms with Gasteiger partial charge in [0.2, 0.25) is 0 Å². The van der Waals surface area contributed by atoms with E-state index >= 15 is 0 Å². The van der Waals surface area contributed by atoms with Crippen LogP contribution in [0.15, 0.2) is 6.07 Å². The summed E-state index contributed by atoms with van der Waals surface area (Å²) in [4.78, 5) is 14.0. The van der Waals surface area contributed by atoms with Crippen LogP contribution in [0.5, 0.6) is 11.5 Å². The van der Waals surface area contributed by atoms with Gasteiger partial charge in [-0.1, -0.05) is 0 Å². The van der Waals surface area contributed by atoms with E-state index in [4.69, 9.17) is 19.3 Å². The fourth-order valence-corrected chi connectivity index (χ4v) is 5.87. The highest BCUT2D eigenvalue weighted by atomic mass is 35.5. The minimum absolute atomic E-state index is 0. The second kappa shape index (κ2) is 5.02. The van der Waals surface area contributed by atoms with Gasteiger partial charge in [0.05, 0.1) is 30.2 Å². The largest absolute Gasteiger partial charge is 1.00 e. The molecule has 2 aliphatic carbocycles. The molecular weight excluding hydrogens is 344 g/mol. The number of aliphatic hydroxyl groups is 1. The van der Waals surface area contributed by atoms with Gasteiger partial charge in [-0.2, -0.15) is 0 Å². The first-order valence-electron chi connectivity index (χ1n) is 9.97. The molecule has 1 spiro atoms. The van der Waals surface area contributed by atoms with Crippen molar-refractivity contribution in [1.82, 2.24) is 0 Å². The molecule has 25 heavy (non-hydrogen) atoms. The highest BCUT2D eigenvalue weighted by Gasteiger charge is 2.74. The van der Waals surface area contributed by atoms with Crippen LogP contribution in [0.25, 0.3) is 0 Å². The number of rotatable bonds is 1. The summed E-state index contributed by atoms with van der Waals surface area (Å²) in [5, 5.41) is 11.9. The van der Waals surface area contributed by atoms with Gasteiger partial charge in [0.25, 0.3) is 0 Å².